The number of aromatic amines is 1. The summed E-state index contributed by atoms with van der Waals surface area (Å²) in [5.41, 5.74) is 6.74. The van der Waals surface area contributed by atoms with Gasteiger partial charge in [-0.05, 0) is 41.3 Å². The molecule has 0 spiro atoms. The number of benzene rings is 4. The van der Waals surface area contributed by atoms with Crippen molar-refractivity contribution >= 4 is 0 Å². The van der Waals surface area contributed by atoms with Gasteiger partial charge in [0.2, 0.25) is 0 Å². The number of rotatable bonds is 6. The molecule has 0 atom stereocenters. The third-order valence-electron chi connectivity index (χ3n) is 6.42. The van der Waals surface area contributed by atoms with Crippen molar-refractivity contribution in [2.45, 2.75) is 18.8 Å². The maximum absolute atomic E-state index is 9.11. The second kappa shape index (κ2) is 9.21. The average molecular weight is 440 g/mol. The van der Waals surface area contributed by atoms with Crippen molar-refractivity contribution in [2.75, 3.05) is 0 Å². The van der Waals surface area contributed by atoms with Gasteiger partial charge in [0.05, 0.1) is 17.3 Å². The molecule has 3 heteroatoms. The Bertz CT molecular complexity index is 1310. The molecule has 1 aromatic heterocycles. The van der Waals surface area contributed by atoms with Gasteiger partial charge in [-0.15, -0.1) is 0 Å². The van der Waals surface area contributed by atoms with Crippen LogP contribution >= 0.6 is 0 Å². The van der Waals surface area contributed by atoms with E-state index >= 15 is 0 Å². The number of H-pyrrole nitrogens is 1. The predicted molar refractivity (Wildman–Crippen MR) is 136 cm³/mol. The molecule has 5 aromatic rings. The molecule has 0 amide bonds. The van der Waals surface area contributed by atoms with E-state index in [0.717, 1.165) is 39.5 Å². The van der Waals surface area contributed by atoms with E-state index in [0.29, 0.717) is 12.0 Å². The van der Waals surface area contributed by atoms with Crippen molar-refractivity contribution in [3.8, 4) is 6.07 Å². The maximum Gasteiger partial charge on any atom is 0.126 e. The molecule has 0 aliphatic rings. The first-order valence-corrected chi connectivity index (χ1v) is 11.4. The van der Waals surface area contributed by atoms with Gasteiger partial charge >= 0.3 is 0 Å². The fraction of sp³-hybridized carbons (Fsp3) is 0.0968. The predicted octanol–water partition coefficient (Wildman–Crippen LogP) is 6.56. The van der Waals surface area contributed by atoms with Gasteiger partial charge in [0.1, 0.15) is 11.2 Å². The molecule has 0 fully saturated rings. The Labute approximate surface area is 200 Å². The van der Waals surface area contributed by atoms with E-state index in [1.54, 1.807) is 0 Å². The smallest absolute Gasteiger partial charge is 0.126 e. The van der Waals surface area contributed by atoms with Crippen LogP contribution in [0.5, 0.6) is 0 Å². The van der Waals surface area contributed by atoms with Gasteiger partial charge in [-0.3, -0.25) is 0 Å². The highest BCUT2D eigenvalue weighted by Crippen LogP contribution is 2.44. The van der Waals surface area contributed by atoms with E-state index in [1.807, 2.05) is 42.5 Å². The molecular weight excluding hydrogens is 414 g/mol. The van der Waals surface area contributed by atoms with Crippen LogP contribution in [-0.4, -0.2) is 9.97 Å². The molecule has 0 aliphatic carbocycles. The Morgan fingerprint density at radius 2 is 1.18 bits per heavy atom. The summed E-state index contributed by atoms with van der Waals surface area (Å²) in [6.07, 6.45) is 0.697. The highest BCUT2D eigenvalue weighted by Gasteiger charge is 2.41. The Hall–Kier alpha value is -4.42. The van der Waals surface area contributed by atoms with Gasteiger partial charge in [0, 0.05) is 12.1 Å². The highest BCUT2D eigenvalue weighted by atomic mass is 15.0. The maximum atomic E-state index is 9.11. The molecule has 3 nitrogen and oxygen atoms in total. The summed E-state index contributed by atoms with van der Waals surface area (Å²) in [6.45, 7) is 2.08. The second-order valence-electron chi connectivity index (χ2n) is 8.49. The third-order valence-corrected chi connectivity index (χ3v) is 6.42. The number of nitrogens with zero attached hydrogens (tertiary/aromatic N) is 2. The minimum absolute atomic E-state index is 0.586. The van der Waals surface area contributed by atoms with E-state index in [9.17, 15) is 0 Å². The number of aromatic nitrogens is 2. The molecule has 0 bridgehead atoms. The molecule has 0 saturated carbocycles. The monoisotopic (exact) mass is 439 g/mol. The molecule has 34 heavy (non-hydrogen) atoms. The summed E-state index contributed by atoms with van der Waals surface area (Å²) in [7, 11) is 0. The SMILES string of the molecule is Cc1[nH]c(C(c2ccccc2)(c2ccccc2)c2ccccc2)nc1Cc1ccc(C#N)cc1. The van der Waals surface area contributed by atoms with Gasteiger partial charge in [-0.25, -0.2) is 4.98 Å². The van der Waals surface area contributed by atoms with Crippen LogP contribution in [-0.2, 0) is 11.8 Å². The van der Waals surface area contributed by atoms with Gasteiger partial charge in [-0.1, -0.05) is 103 Å². The fourth-order valence-electron chi connectivity index (χ4n) is 4.71. The van der Waals surface area contributed by atoms with Gasteiger partial charge < -0.3 is 4.98 Å². The molecule has 1 heterocycles. The lowest BCUT2D eigenvalue weighted by Gasteiger charge is -2.34. The van der Waals surface area contributed by atoms with E-state index in [4.69, 9.17) is 10.2 Å². The normalized spacial score (nSPS) is 11.2. The number of aryl methyl sites for hydroxylation is 1. The molecular formula is C31H25N3. The third kappa shape index (κ3) is 3.80. The number of nitriles is 1. The Morgan fingerprint density at radius 3 is 1.62 bits per heavy atom. The Kier molecular flexibility index (Phi) is 5.81. The molecule has 1 N–H and O–H groups in total. The van der Waals surface area contributed by atoms with E-state index in [-0.39, 0.29) is 0 Å². The largest absolute Gasteiger partial charge is 0.345 e. The first-order valence-electron chi connectivity index (χ1n) is 11.4. The lowest BCUT2D eigenvalue weighted by atomic mass is 9.69. The van der Waals surface area contributed by atoms with E-state index in [1.165, 1.54) is 0 Å². The average Bonchev–Trinajstić information content (AvgIpc) is 3.27. The van der Waals surface area contributed by atoms with Crippen LogP contribution in [0.15, 0.2) is 115 Å². The minimum atomic E-state index is -0.586. The van der Waals surface area contributed by atoms with Crippen molar-refractivity contribution in [3.05, 3.63) is 160 Å². The molecule has 0 radical (unpaired) electrons. The lowest BCUT2D eigenvalue weighted by molar-refractivity contribution is 0.689. The zero-order chi connectivity index (χ0) is 23.4. The van der Waals surface area contributed by atoms with Crippen LogP contribution in [0, 0.1) is 18.3 Å². The number of hydrogen-bond acceptors (Lipinski definition) is 2. The first-order chi connectivity index (χ1) is 16.7. The standard InChI is InChI=1S/C31H25N3/c1-23-29(21-24-17-19-25(22-32)20-18-24)34-30(33-23)31(26-11-5-2-6-12-26,27-13-7-3-8-14-27)28-15-9-4-10-16-28/h2-20H,21H2,1H3,(H,33,34). The zero-order valence-electron chi connectivity index (χ0n) is 19.1. The van der Waals surface area contributed by atoms with Crippen LogP contribution in [0.2, 0.25) is 0 Å². The number of imidazole rings is 1. The molecule has 5 rings (SSSR count). The summed E-state index contributed by atoms with van der Waals surface area (Å²) >= 11 is 0. The van der Waals surface area contributed by atoms with Gasteiger partial charge in [-0.2, -0.15) is 5.26 Å². The Balaban J connectivity index is 1.72. The highest BCUT2D eigenvalue weighted by molar-refractivity contribution is 5.57. The number of nitrogens with one attached hydrogen (secondary N) is 1. The van der Waals surface area contributed by atoms with Gasteiger partial charge in [0.25, 0.3) is 0 Å². The fourth-order valence-corrected chi connectivity index (χ4v) is 4.71. The molecule has 0 aliphatic heterocycles. The zero-order valence-corrected chi connectivity index (χ0v) is 19.1. The van der Waals surface area contributed by atoms with Crippen molar-refractivity contribution < 1.29 is 0 Å². The van der Waals surface area contributed by atoms with Crippen LogP contribution < -0.4 is 0 Å². The summed E-state index contributed by atoms with van der Waals surface area (Å²) in [5, 5.41) is 9.11. The van der Waals surface area contributed by atoms with Gasteiger partial charge in [0.15, 0.2) is 0 Å². The van der Waals surface area contributed by atoms with Crippen LogP contribution in [0.25, 0.3) is 0 Å². The lowest BCUT2D eigenvalue weighted by Crippen LogP contribution is -2.32. The summed E-state index contributed by atoms with van der Waals surface area (Å²) in [6, 6.07) is 41.7. The minimum Gasteiger partial charge on any atom is -0.345 e. The second-order valence-corrected chi connectivity index (χ2v) is 8.49. The topological polar surface area (TPSA) is 52.5 Å². The molecule has 0 unspecified atom stereocenters. The van der Waals surface area contributed by atoms with Crippen LogP contribution in [0.3, 0.4) is 0 Å². The van der Waals surface area contributed by atoms with Crippen molar-refractivity contribution in [2.24, 2.45) is 0 Å². The van der Waals surface area contributed by atoms with Crippen LogP contribution in [0.4, 0.5) is 0 Å². The summed E-state index contributed by atoms with van der Waals surface area (Å²) < 4.78 is 0. The van der Waals surface area contributed by atoms with E-state index in [2.05, 4.69) is 90.8 Å². The molecule has 4 aromatic carbocycles. The summed E-state index contributed by atoms with van der Waals surface area (Å²) in [4.78, 5) is 8.89. The number of hydrogen-bond donors (Lipinski definition) is 1. The van der Waals surface area contributed by atoms with Crippen LogP contribution in [0.1, 0.15) is 45.0 Å². The first kappa shape index (κ1) is 21.4. The molecule has 164 valence electrons. The van der Waals surface area contributed by atoms with E-state index < -0.39 is 5.41 Å². The van der Waals surface area contributed by atoms with Crippen molar-refractivity contribution in [1.29, 1.82) is 5.26 Å². The van der Waals surface area contributed by atoms with Crippen molar-refractivity contribution in [3.63, 3.8) is 0 Å². The Morgan fingerprint density at radius 1 is 0.706 bits per heavy atom. The summed E-state index contributed by atoms with van der Waals surface area (Å²) in [5.74, 6) is 0.900. The molecule has 0 saturated heterocycles. The van der Waals surface area contributed by atoms with Crippen molar-refractivity contribution in [1.82, 2.24) is 9.97 Å². The quantitative estimate of drug-likeness (QED) is 0.305.